The lowest BCUT2D eigenvalue weighted by Gasteiger charge is -2.01. The molecule has 0 aliphatic carbocycles. The van der Waals surface area contributed by atoms with Gasteiger partial charge >= 0.3 is 0 Å². The first-order valence-corrected chi connectivity index (χ1v) is 5.87. The van der Waals surface area contributed by atoms with Gasteiger partial charge in [0.1, 0.15) is 5.69 Å². The molecule has 0 saturated heterocycles. The van der Waals surface area contributed by atoms with Crippen LogP contribution in [0.3, 0.4) is 0 Å². The molecule has 0 unspecified atom stereocenters. The van der Waals surface area contributed by atoms with Gasteiger partial charge in [-0.1, -0.05) is 18.2 Å². The molecule has 3 aromatic rings. The Kier molecular flexibility index (Phi) is 2.57. The first-order valence-electron chi connectivity index (χ1n) is 5.87. The van der Waals surface area contributed by atoms with Gasteiger partial charge in [-0.05, 0) is 23.8 Å². The molecule has 0 atom stereocenters. The van der Waals surface area contributed by atoms with Crippen molar-refractivity contribution >= 4 is 11.0 Å². The molecule has 0 amide bonds. The lowest BCUT2D eigenvalue weighted by atomic mass is 10.2. The molecule has 0 fully saturated rings. The van der Waals surface area contributed by atoms with E-state index in [1.54, 1.807) is 6.20 Å². The molecule has 0 radical (unpaired) electrons. The van der Waals surface area contributed by atoms with Crippen molar-refractivity contribution < 1.29 is 0 Å². The fraction of sp³-hybridized carbons (Fsp3) is 0.143. The topological polar surface area (TPSA) is 56.7 Å². The van der Waals surface area contributed by atoms with E-state index >= 15 is 0 Å². The number of benzene rings is 1. The van der Waals surface area contributed by atoms with Crippen molar-refractivity contribution in [1.29, 1.82) is 0 Å². The Bertz CT molecular complexity index is 686. The van der Waals surface area contributed by atoms with Crippen LogP contribution in [-0.4, -0.2) is 14.5 Å². The maximum atomic E-state index is 5.75. The molecule has 0 spiro atoms. The third kappa shape index (κ3) is 1.58. The second-order valence-electron chi connectivity index (χ2n) is 4.20. The average Bonchev–Trinajstić information content (AvgIpc) is 2.77. The molecule has 0 saturated carbocycles. The molecule has 0 bridgehead atoms. The summed E-state index contributed by atoms with van der Waals surface area (Å²) in [5.41, 5.74) is 9.73. The van der Waals surface area contributed by atoms with Gasteiger partial charge in [0.05, 0.1) is 11.0 Å². The maximum Gasteiger partial charge on any atom is 0.159 e. The normalized spacial score (nSPS) is 11.0. The molecule has 4 nitrogen and oxygen atoms in total. The number of pyridine rings is 1. The van der Waals surface area contributed by atoms with Crippen LogP contribution in [0.1, 0.15) is 5.56 Å². The zero-order valence-corrected chi connectivity index (χ0v) is 10.2. The van der Waals surface area contributed by atoms with E-state index in [-0.39, 0.29) is 0 Å². The first-order chi connectivity index (χ1) is 8.81. The number of aryl methyl sites for hydroxylation is 1. The Labute approximate surface area is 105 Å². The van der Waals surface area contributed by atoms with E-state index in [9.17, 15) is 0 Å². The van der Waals surface area contributed by atoms with Gasteiger partial charge in [0, 0.05) is 19.8 Å². The van der Waals surface area contributed by atoms with Crippen LogP contribution in [-0.2, 0) is 13.6 Å². The highest BCUT2D eigenvalue weighted by Gasteiger charge is 2.12. The monoisotopic (exact) mass is 238 g/mol. The van der Waals surface area contributed by atoms with Crippen molar-refractivity contribution in [3.05, 3.63) is 48.2 Å². The van der Waals surface area contributed by atoms with E-state index in [4.69, 9.17) is 5.73 Å². The number of imidazole rings is 1. The SMILES string of the molecule is Cn1c(-c2ccccn2)nc2c(CN)cccc21. The Morgan fingerprint density at radius 2 is 2.06 bits per heavy atom. The van der Waals surface area contributed by atoms with Gasteiger partial charge in [0.2, 0.25) is 0 Å². The van der Waals surface area contributed by atoms with E-state index < -0.39 is 0 Å². The van der Waals surface area contributed by atoms with Crippen molar-refractivity contribution in [1.82, 2.24) is 14.5 Å². The number of nitrogens with zero attached hydrogens (tertiary/aromatic N) is 3. The number of nitrogens with two attached hydrogens (primary N) is 1. The van der Waals surface area contributed by atoms with Crippen molar-refractivity contribution in [2.45, 2.75) is 6.54 Å². The Morgan fingerprint density at radius 1 is 1.17 bits per heavy atom. The van der Waals surface area contributed by atoms with Crippen LogP contribution in [0.5, 0.6) is 0 Å². The van der Waals surface area contributed by atoms with Crippen LogP contribution < -0.4 is 5.73 Å². The molecule has 18 heavy (non-hydrogen) atoms. The largest absolute Gasteiger partial charge is 0.326 e. The fourth-order valence-corrected chi connectivity index (χ4v) is 2.16. The lowest BCUT2D eigenvalue weighted by molar-refractivity contribution is 0.950. The highest BCUT2D eigenvalue weighted by atomic mass is 15.1. The van der Waals surface area contributed by atoms with E-state index in [0.29, 0.717) is 6.54 Å². The van der Waals surface area contributed by atoms with E-state index in [2.05, 4.69) is 14.5 Å². The second kappa shape index (κ2) is 4.23. The summed E-state index contributed by atoms with van der Waals surface area (Å²) in [6.45, 7) is 0.496. The quantitative estimate of drug-likeness (QED) is 0.743. The summed E-state index contributed by atoms with van der Waals surface area (Å²) in [6, 6.07) is 11.9. The molecule has 0 aliphatic rings. The summed E-state index contributed by atoms with van der Waals surface area (Å²) in [7, 11) is 2.00. The summed E-state index contributed by atoms with van der Waals surface area (Å²) < 4.78 is 2.05. The molecule has 90 valence electrons. The number of fused-ring (bicyclic) bond motifs is 1. The van der Waals surface area contributed by atoms with Gasteiger partial charge in [-0.25, -0.2) is 4.98 Å². The number of aromatic nitrogens is 3. The fourth-order valence-electron chi connectivity index (χ4n) is 2.16. The lowest BCUT2D eigenvalue weighted by Crippen LogP contribution is -1.97. The minimum atomic E-state index is 0.496. The zero-order chi connectivity index (χ0) is 12.5. The molecule has 4 heteroatoms. The van der Waals surface area contributed by atoms with E-state index in [1.165, 1.54) is 0 Å². The van der Waals surface area contributed by atoms with Crippen LogP contribution in [0.15, 0.2) is 42.6 Å². The van der Waals surface area contributed by atoms with Crippen LogP contribution in [0.2, 0.25) is 0 Å². The summed E-state index contributed by atoms with van der Waals surface area (Å²) in [5.74, 6) is 0.867. The molecular formula is C14H14N4. The van der Waals surface area contributed by atoms with E-state index in [1.807, 2.05) is 43.4 Å². The predicted octanol–water partition coefficient (Wildman–Crippen LogP) is 2.09. The summed E-state index contributed by atoms with van der Waals surface area (Å²) in [4.78, 5) is 9.02. The van der Waals surface area contributed by atoms with Gasteiger partial charge in [0.15, 0.2) is 5.82 Å². The number of hydrogen-bond donors (Lipinski definition) is 1. The van der Waals surface area contributed by atoms with Crippen LogP contribution in [0, 0.1) is 0 Å². The van der Waals surface area contributed by atoms with Gasteiger partial charge in [-0.15, -0.1) is 0 Å². The van der Waals surface area contributed by atoms with Gasteiger partial charge in [-0.3, -0.25) is 4.98 Å². The predicted molar refractivity (Wildman–Crippen MR) is 71.8 cm³/mol. The third-order valence-electron chi connectivity index (χ3n) is 3.11. The Hall–Kier alpha value is -2.20. The summed E-state index contributed by atoms with van der Waals surface area (Å²) in [6.07, 6.45) is 1.78. The van der Waals surface area contributed by atoms with Gasteiger partial charge < -0.3 is 10.3 Å². The summed E-state index contributed by atoms with van der Waals surface area (Å²) in [5, 5.41) is 0. The first kappa shape index (κ1) is 10.9. The van der Waals surface area contributed by atoms with Crippen LogP contribution in [0.4, 0.5) is 0 Å². The molecular weight excluding hydrogens is 224 g/mol. The van der Waals surface area contributed by atoms with Gasteiger partial charge in [0.25, 0.3) is 0 Å². The average molecular weight is 238 g/mol. The molecule has 3 rings (SSSR count). The maximum absolute atomic E-state index is 5.75. The van der Waals surface area contributed by atoms with Gasteiger partial charge in [-0.2, -0.15) is 0 Å². The third-order valence-corrected chi connectivity index (χ3v) is 3.11. The minimum Gasteiger partial charge on any atom is -0.326 e. The Morgan fingerprint density at radius 3 is 2.78 bits per heavy atom. The number of para-hydroxylation sites is 1. The zero-order valence-electron chi connectivity index (χ0n) is 10.2. The van der Waals surface area contributed by atoms with Crippen LogP contribution >= 0.6 is 0 Å². The molecule has 2 aromatic heterocycles. The smallest absolute Gasteiger partial charge is 0.159 e. The standard InChI is InChI=1S/C14H14N4/c1-18-12-7-4-5-10(9-15)13(12)17-14(18)11-6-2-3-8-16-11/h2-8H,9,15H2,1H3. The van der Waals surface area contributed by atoms with Crippen LogP contribution in [0.25, 0.3) is 22.6 Å². The number of hydrogen-bond acceptors (Lipinski definition) is 3. The van der Waals surface area contributed by atoms with Crippen molar-refractivity contribution in [3.63, 3.8) is 0 Å². The van der Waals surface area contributed by atoms with Crippen molar-refractivity contribution in [3.8, 4) is 11.5 Å². The molecule has 0 aliphatic heterocycles. The molecule has 1 aromatic carbocycles. The van der Waals surface area contributed by atoms with Crippen molar-refractivity contribution in [2.24, 2.45) is 12.8 Å². The Balaban J connectivity index is 2.29. The molecule has 2 heterocycles. The second-order valence-corrected chi connectivity index (χ2v) is 4.20. The number of rotatable bonds is 2. The minimum absolute atomic E-state index is 0.496. The molecule has 2 N–H and O–H groups in total. The highest BCUT2D eigenvalue weighted by Crippen LogP contribution is 2.24. The van der Waals surface area contributed by atoms with Crippen molar-refractivity contribution in [2.75, 3.05) is 0 Å². The highest BCUT2D eigenvalue weighted by molar-refractivity contribution is 5.83. The summed E-state index contributed by atoms with van der Waals surface area (Å²) >= 11 is 0. The van der Waals surface area contributed by atoms with E-state index in [0.717, 1.165) is 28.1 Å².